The smallest absolute Gasteiger partial charge is 0.339 e. The number of nitrogens with one attached hydrogen (secondary N) is 1. The van der Waals surface area contributed by atoms with Crippen LogP contribution in [0, 0.1) is 11.7 Å². The molecule has 0 aromatic heterocycles. The number of rotatable bonds is 6. The molecule has 1 aromatic carbocycles. The van der Waals surface area contributed by atoms with E-state index in [1.807, 2.05) is 18.7 Å². The minimum Gasteiger partial charge on any atom is -0.465 e. The van der Waals surface area contributed by atoms with Gasteiger partial charge in [0, 0.05) is 0 Å². The van der Waals surface area contributed by atoms with E-state index in [1.165, 1.54) is 0 Å². The van der Waals surface area contributed by atoms with Gasteiger partial charge < -0.3 is 4.74 Å². The van der Waals surface area contributed by atoms with Crippen molar-refractivity contribution in [2.45, 2.75) is 18.7 Å². The average Bonchev–Trinajstić information content (AvgIpc) is 2.37. The SMILES string of the molecule is COC(=O)c1ccc(F)cc1S(=O)(=O)NOCC(C)C. The van der Waals surface area contributed by atoms with E-state index in [2.05, 4.69) is 4.74 Å². The van der Waals surface area contributed by atoms with Crippen LogP contribution in [0.3, 0.4) is 0 Å². The highest BCUT2D eigenvalue weighted by Crippen LogP contribution is 2.18. The molecule has 0 saturated carbocycles. The molecule has 8 heteroatoms. The fourth-order valence-electron chi connectivity index (χ4n) is 1.32. The lowest BCUT2D eigenvalue weighted by Crippen LogP contribution is -2.27. The van der Waals surface area contributed by atoms with Gasteiger partial charge in [-0.25, -0.2) is 17.6 Å². The Kier molecular flexibility index (Phi) is 5.61. The fraction of sp³-hybridized carbons (Fsp3) is 0.417. The molecular weight excluding hydrogens is 289 g/mol. The summed E-state index contributed by atoms with van der Waals surface area (Å²) >= 11 is 0. The molecule has 0 spiro atoms. The summed E-state index contributed by atoms with van der Waals surface area (Å²) in [6, 6.07) is 2.74. The van der Waals surface area contributed by atoms with Crippen molar-refractivity contribution in [2.24, 2.45) is 5.92 Å². The quantitative estimate of drug-likeness (QED) is 0.636. The number of halogens is 1. The number of carbonyl (C=O) groups excluding carboxylic acids is 1. The van der Waals surface area contributed by atoms with Crippen LogP contribution in [-0.2, 0) is 19.6 Å². The Labute approximate surface area is 116 Å². The summed E-state index contributed by atoms with van der Waals surface area (Å²) in [6.07, 6.45) is 0. The second-order valence-electron chi connectivity index (χ2n) is 4.42. The minimum atomic E-state index is -4.18. The van der Waals surface area contributed by atoms with Crippen LogP contribution in [-0.4, -0.2) is 28.1 Å². The Morgan fingerprint density at radius 3 is 2.60 bits per heavy atom. The average molecular weight is 305 g/mol. The van der Waals surface area contributed by atoms with Gasteiger partial charge in [0.1, 0.15) is 10.7 Å². The number of benzene rings is 1. The van der Waals surface area contributed by atoms with Crippen molar-refractivity contribution >= 4 is 16.0 Å². The van der Waals surface area contributed by atoms with E-state index in [0.717, 1.165) is 25.3 Å². The Balaban J connectivity index is 3.10. The van der Waals surface area contributed by atoms with Gasteiger partial charge in [-0.15, -0.1) is 0 Å². The molecule has 0 unspecified atom stereocenters. The van der Waals surface area contributed by atoms with Crippen LogP contribution in [0.15, 0.2) is 23.1 Å². The zero-order valence-corrected chi connectivity index (χ0v) is 12.2. The lowest BCUT2D eigenvalue weighted by atomic mass is 10.2. The van der Waals surface area contributed by atoms with Gasteiger partial charge in [-0.3, -0.25) is 4.84 Å². The molecule has 0 aliphatic rings. The predicted molar refractivity (Wildman–Crippen MR) is 68.9 cm³/mol. The third-order valence-electron chi connectivity index (χ3n) is 2.22. The summed E-state index contributed by atoms with van der Waals surface area (Å²) in [4.78, 5) is 17.6. The van der Waals surface area contributed by atoms with Gasteiger partial charge in [-0.1, -0.05) is 18.7 Å². The molecule has 0 bridgehead atoms. The Bertz CT molecular complexity index is 586. The zero-order chi connectivity index (χ0) is 15.3. The van der Waals surface area contributed by atoms with Crippen LogP contribution in [0.25, 0.3) is 0 Å². The molecule has 1 rings (SSSR count). The maximum Gasteiger partial charge on any atom is 0.339 e. The predicted octanol–water partition coefficient (Wildman–Crippen LogP) is 1.48. The molecular formula is C12H16FNO5S. The minimum absolute atomic E-state index is 0.102. The first-order chi connectivity index (χ1) is 9.27. The Morgan fingerprint density at radius 1 is 1.40 bits per heavy atom. The molecule has 20 heavy (non-hydrogen) atoms. The Morgan fingerprint density at radius 2 is 2.05 bits per heavy atom. The van der Waals surface area contributed by atoms with E-state index < -0.39 is 26.7 Å². The first-order valence-corrected chi connectivity index (χ1v) is 7.27. The highest BCUT2D eigenvalue weighted by atomic mass is 32.2. The summed E-state index contributed by atoms with van der Waals surface area (Å²) in [6.45, 7) is 3.80. The standard InChI is InChI=1S/C12H16FNO5S/c1-8(2)7-19-14-20(16,17)11-6-9(13)4-5-10(11)12(15)18-3/h4-6,8,14H,7H2,1-3H3. The second kappa shape index (κ2) is 6.78. The van der Waals surface area contributed by atoms with Gasteiger partial charge in [0.2, 0.25) is 0 Å². The summed E-state index contributed by atoms with van der Waals surface area (Å²) in [5, 5.41) is 0. The fourth-order valence-corrected chi connectivity index (χ4v) is 2.34. The second-order valence-corrected chi connectivity index (χ2v) is 6.04. The number of methoxy groups -OCH3 is 1. The molecule has 0 heterocycles. The van der Waals surface area contributed by atoms with Crippen molar-refractivity contribution in [1.29, 1.82) is 0 Å². The van der Waals surface area contributed by atoms with Crippen molar-refractivity contribution < 1.29 is 27.2 Å². The molecule has 6 nitrogen and oxygen atoms in total. The number of hydrogen-bond acceptors (Lipinski definition) is 5. The van der Waals surface area contributed by atoms with Gasteiger partial charge in [0.15, 0.2) is 0 Å². The van der Waals surface area contributed by atoms with E-state index in [4.69, 9.17) is 4.84 Å². The Hall–Kier alpha value is -1.51. The number of hydrogen-bond donors (Lipinski definition) is 1. The summed E-state index contributed by atoms with van der Waals surface area (Å²) in [5.41, 5.74) is -0.269. The van der Waals surface area contributed by atoms with Gasteiger partial charge in [0.25, 0.3) is 10.0 Å². The van der Waals surface area contributed by atoms with Crippen molar-refractivity contribution in [3.8, 4) is 0 Å². The van der Waals surface area contributed by atoms with Crippen LogP contribution in [0.2, 0.25) is 0 Å². The number of esters is 1. The van der Waals surface area contributed by atoms with Crippen molar-refractivity contribution in [3.63, 3.8) is 0 Å². The molecule has 1 aromatic rings. The molecule has 0 saturated heterocycles. The van der Waals surface area contributed by atoms with Crippen molar-refractivity contribution in [1.82, 2.24) is 4.89 Å². The largest absolute Gasteiger partial charge is 0.465 e. The van der Waals surface area contributed by atoms with Crippen LogP contribution in [0.4, 0.5) is 4.39 Å². The third kappa shape index (κ3) is 4.26. The van der Waals surface area contributed by atoms with Crippen LogP contribution >= 0.6 is 0 Å². The van der Waals surface area contributed by atoms with E-state index in [1.54, 1.807) is 0 Å². The number of carbonyl (C=O) groups is 1. The molecule has 0 amide bonds. The summed E-state index contributed by atoms with van der Waals surface area (Å²) < 4.78 is 41.7. The lowest BCUT2D eigenvalue weighted by molar-refractivity contribution is 0.0593. The first kappa shape index (κ1) is 16.5. The van der Waals surface area contributed by atoms with Gasteiger partial charge in [0.05, 0.1) is 19.3 Å². The number of ether oxygens (including phenoxy) is 1. The van der Waals surface area contributed by atoms with Crippen molar-refractivity contribution in [3.05, 3.63) is 29.6 Å². The molecule has 1 N–H and O–H groups in total. The molecule has 112 valence electrons. The summed E-state index contributed by atoms with van der Waals surface area (Å²) in [7, 11) is -3.08. The molecule has 0 aliphatic carbocycles. The molecule has 0 atom stereocenters. The van der Waals surface area contributed by atoms with E-state index >= 15 is 0 Å². The molecule has 0 aliphatic heterocycles. The monoisotopic (exact) mass is 305 g/mol. The maximum absolute atomic E-state index is 13.2. The topological polar surface area (TPSA) is 81.7 Å². The third-order valence-corrected chi connectivity index (χ3v) is 3.48. The van der Waals surface area contributed by atoms with E-state index in [0.29, 0.717) is 0 Å². The van der Waals surface area contributed by atoms with Gasteiger partial charge in [-0.05, 0) is 24.1 Å². The zero-order valence-electron chi connectivity index (χ0n) is 11.3. The lowest BCUT2D eigenvalue weighted by Gasteiger charge is -2.11. The maximum atomic E-state index is 13.2. The van der Waals surface area contributed by atoms with Crippen molar-refractivity contribution in [2.75, 3.05) is 13.7 Å². The van der Waals surface area contributed by atoms with Crippen LogP contribution < -0.4 is 4.89 Å². The summed E-state index contributed by atoms with van der Waals surface area (Å²) in [5.74, 6) is -1.57. The highest BCUT2D eigenvalue weighted by Gasteiger charge is 2.24. The van der Waals surface area contributed by atoms with E-state index in [-0.39, 0.29) is 18.1 Å². The normalized spacial score (nSPS) is 11.7. The van der Waals surface area contributed by atoms with Gasteiger partial charge >= 0.3 is 5.97 Å². The van der Waals surface area contributed by atoms with Crippen LogP contribution in [0.1, 0.15) is 24.2 Å². The van der Waals surface area contributed by atoms with E-state index in [9.17, 15) is 17.6 Å². The number of sulfonamides is 1. The molecule has 0 fully saturated rings. The van der Waals surface area contributed by atoms with Crippen LogP contribution in [0.5, 0.6) is 0 Å². The molecule has 0 radical (unpaired) electrons. The first-order valence-electron chi connectivity index (χ1n) is 5.79. The highest BCUT2D eigenvalue weighted by molar-refractivity contribution is 7.89. The van der Waals surface area contributed by atoms with Gasteiger partial charge in [-0.2, -0.15) is 0 Å².